The highest BCUT2D eigenvalue weighted by Gasteiger charge is 2.24. The van der Waals surface area contributed by atoms with Crippen LogP contribution in [-0.4, -0.2) is 0 Å². The van der Waals surface area contributed by atoms with Crippen LogP contribution < -0.4 is 0 Å². The van der Waals surface area contributed by atoms with Gasteiger partial charge in [0.25, 0.3) is 0 Å². The summed E-state index contributed by atoms with van der Waals surface area (Å²) >= 11 is 0. The van der Waals surface area contributed by atoms with Crippen molar-refractivity contribution in [1.82, 2.24) is 0 Å². The summed E-state index contributed by atoms with van der Waals surface area (Å²) in [7, 11) is 0. The van der Waals surface area contributed by atoms with Gasteiger partial charge in [0.1, 0.15) is 0 Å². The molecule has 0 saturated carbocycles. The van der Waals surface area contributed by atoms with Crippen molar-refractivity contribution in [3.8, 4) is 0 Å². The molecule has 0 N–H and O–H groups in total. The van der Waals surface area contributed by atoms with Crippen LogP contribution >= 0.6 is 0 Å². The first-order chi connectivity index (χ1) is 15.7. The average Bonchev–Trinajstić information content (AvgIpc) is 2.89. The van der Waals surface area contributed by atoms with E-state index in [0.29, 0.717) is 11.8 Å². The molecule has 0 aliphatic carbocycles. The van der Waals surface area contributed by atoms with E-state index in [0.717, 1.165) is 19.3 Å². The lowest BCUT2D eigenvalue weighted by atomic mass is 9.76. The summed E-state index contributed by atoms with van der Waals surface area (Å²) < 4.78 is 0. The summed E-state index contributed by atoms with van der Waals surface area (Å²) in [5, 5.41) is 0. The van der Waals surface area contributed by atoms with Gasteiger partial charge in [0.05, 0.1) is 0 Å². The molecule has 0 aliphatic rings. The van der Waals surface area contributed by atoms with Gasteiger partial charge in [-0.25, -0.2) is 0 Å². The first kappa shape index (κ1) is 27.2. The van der Waals surface area contributed by atoms with E-state index in [2.05, 4.69) is 111 Å². The first-order valence-electron chi connectivity index (χ1n) is 12.2. The normalized spacial score (nSPS) is 11.7. The maximum atomic E-state index is 4.42. The number of hydrogen-bond acceptors (Lipinski definition) is 0. The SMILES string of the molecule is C=C(CC(CC)C(CC(=C)c1ccccc1)c1ccccc1)c1ccccc1.CC.CC. The Labute approximate surface area is 197 Å². The van der Waals surface area contributed by atoms with Crippen LogP contribution in [0.15, 0.2) is 104 Å². The summed E-state index contributed by atoms with van der Waals surface area (Å²) in [4.78, 5) is 0. The molecule has 0 heteroatoms. The Balaban J connectivity index is 0.00000121. The topological polar surface area (TPSA) is 0 Å². The molecule has 32 heavy (non-hydrogen) atoms. The molecule has 0 amide bonds. The molecule has 0 fully saturated rings. The van der Waals surface area contributed by atoms with Crippen molar-refractivity contribution < 1.29 is 0 Å². The maximum Gasteiger partial charge on any atom is -0.00901 e. The zero-order valence-corrected chi connectivity index (χ0v) is 20.9. The lowest BCUT2D eigenvalue weighted by molar-refractivity contribution is 0.423. The van der Waals surface area contributed by atoms with Gasteiger partial charge >= 0.3 is 0 Å². The van der Waals surface area contributed by atoms with E-state index in [1.54, 1.807) is 0 Å². The average molecular weight is 427 g/mol. The Kier molecular flexibility index (Phi) is 13.5. The Hall–Kier alpha value is -2.86. The van der Waals surface area contributed by atoms with Crippen LogP contribution in [0, 0.1) is 5.92 Å². The molecule has 0 aromatic heterocycles. The van der Waals surface area contributed by atoms with E-state index in [1.165, 1.54) is 27.8 Å². The van der Waals surface area contributed by atoms with Crippen LogP contribution in [0.5, 0.6) is 0 Å². The van der Waals surface area contributed by atoms with Crippen LogP contribution in [0.3, 0.4) is 0 Å². The van der Waals surface area contributed by atoms with Crippen molar-refractivity contribution in [3.63, 3.8) is 0 Å². The van der Waals surface area contributed by atoms with Gasteiger partial charge in [-0.05, 0) is 52.5 Å². The molecule has 0 spiro atoms. The second-order valence-electron chi connectivity index (χ2n) is 7.53. The van der Waals surface area contributed by atoms with E-state index in [-0.39, 0.29) is 0 Å². The highest BCUT2D eigenvalue weighted by atomic mass is 14.3. The Morgan fingerprint density at radius 1 is 0.594 bits per heavy atom. The van der Waals surface area contributed by atoms with Gasteiger partial charge in [-0.1, -0.05) is 145 Å². The van der Waals surface area contributed by atoms with Gasteiger partial charge in [-0.2, -0.15) is 0 Å². The number of hydrogen-bond donors (Lipinski definition) is 0. The van der Waals surface area contributed by atoms with E-state index < -0.39 is 0 Å². The highest BCUT2D eigenvalue weighted by molar-refractivity contribution is 5.65. The van der Waals surface area contributed by atoms with E-state index in [9.17, 15) is 0 Å². The molecular formula is C32H42. The summed E-state index contributed by atoms with van der Waals surface area (Å²) in [5.74, 6) is 0.954. The van der Waals surface area contributed by atoms with Gasteiger partial charge in [-0.15, -0.1) is 0 Å². The molecule has 0 heterocycles. The van der Waals surface area contributed by atoms with Gasteiger partial charge in [0, 0.05) is 0 Å². The number of allylic oxidation sites excluding steroid dienone is 2. The number of rotatable bonds is 9. The summed E-state index contributed by atoms with van der Waals surface area (Å²) in [6, 6.07) is 32.0. The minimum Gasteiger partial charge on any atom is -0.0952 e. The van der Waals surface area contributed by atoms with Crippen molar-refractivity contribution in [1.29, 1.82) is 0 Å². The predicted molar refractivity (Wildman–Crippen MR) is 146 cm³/mol. The van der Waals surface area contributed by atoms with Crippen LogP contribution in [0.4, 0.5) is 0 Å². The first-order valence-corrected chi connectivity index (χ1v) is 12.2. The Bertz CT molecular complexity index is 875. The largest absolute Gasteiger partial charge is 0.0952 e. The van der Waals surface area contributed by atoms with Crippen molar-refractivity contribution in [3.05, 3.63) is 121 Å². The van der Waals surface area contributed by atoms with Crippen LogP contribution in [0.1, 0.15) is 76.5 Å². The van der Waals surface area contributed by atoms with Gasteiger partial charge in [-0.3, -0.25) is 0 Å². The third-order valence-electron chi connectivity index (χ3n) is 5.66. The summed E-state index contributed by atoms with van der Waals surface area (Å²) in [6.07, 6.45) is 3.09. The van der Waals surface area contributed by atoms with E-state index in [4.69, 9.17) is 0 Å². The molecule has 3 aromatic carbocycles. The molecule has 170 valence electrons. The smallest absolute Gasteiger partial charge is 0.00901 e. The molecule has 2 atom stereocenters. The number of benzene rings is 3. The second kappa shape index (κ2) is 15.9. The van der Waals surface area contributed by atoms with E-state index >= 15 is 0 Å². The monoisotopic (exact) mass is 426 g/mol. The zero-order valence-electron chi connectivity index (χ0n) is 20.9. The summed E-state index contributed by atoms with van der Waals surface area (Å²) in [5.41, 5.74) is 6.30. The molecule has 0 aliphatic heterocycles. The standard InChI is InChI=1S/C28H30.2C2H6/c1-4-24(20-22(2)25-14-8-5-9-15-25)28(27-18-12-7-13-19-27)21-23(3)26-16-10-6-11-17-26;2*1-2/h5-19,24,28H,2-4,20-21H2,1H3;2*1-2H3. The van der Waals surface area contributed by atoms with Crippen LogP contribution in [0.2, 0.25) is 0 Å². The molecular weight excluding hydrogens is 384 g/mol. The molecule has 0 bridgehead atoms. The van der Waals surface area contributed by atoms with Gasteiger partial charge in [0.2, 0.25) is 0 Å². The zero-order chi connectivity index (χ0) is 23.8. The molecule has 3 rings (SSSR count). The van der Waals surface area contributed by atoms with Crippen molar-refractivity contribution >= 4 is 11.1 Å². The minimum absolute atomic E-state index is 0.430. The lowest BCUT2D eigenvalue weighted by Crippen LogP contribution is -2.14. The quantitative estimate of drug-likeness (QED) is 0.319. The third kappa shape index (κ3) is 8.35. The minimum atomic E-state index is 0.430. The predicted octanol–water partition coefficient (Wildman–Crippen LogP) is 10.1. The molecule has 0 saturated heterocycles. The van der Waals surface area contributed by atoms with Crippen LogP contribution in [-0.2, 0) is 0 Å². The Morgan fingerprint density at radius 2 is 0.969 bits per heavy atom. The summed E-state index contributed by atoms with van der Waals surface area (Å²) in [6.45, 7) is 19.1. The fraction of sp³-hybridized carbons (Fsp3) is 0.312. The van der Waals surface area contributed by atoms with E-state index in [1.807, 2.05) is 27.7 Å². The second-order valence-corrected chi connectivity index (χ2v) is 7.53. The Morgan fingerprint density at radius 3 is 1.38 bits per heavy atom. The molecule has 2 unspecified atom stereocenters. The third-order valence-corrected chi connectivity index (χ3v) is 5.66. The fourth-order valence-corrected chi connectivity index (χ4v) is 3.99. The lowest BCUT2D eigenvalue weighted by Gasteiger charge is -2.29. The fourth-order valence-electron chi connectivity index (χ4n) is 3.99. The van der Waals surface area contributed by atoms with Crippen molar-refractivity contribution in [2.24, 2.45) is 5.92 Å². The highest BCUT2D eigenvalue weighted by Crippen LogP contribution is 2.39. The molecule has 0 radical (unpaired) electrons. The van der Waals surface area contributed by atoms with Gasteiger partial charge in [0.15, 0.2) is 0 Å². The van der Waals surface area contributed by atoms with Gasteiger partial charge < -0.3 is 0 Å². The maximum absolute atomic E-state index is 4.42. The molecule has 0 nitrogen and oxygen atoms in total. The van der Waals surface area contributed by atoms with Crippen LogP contribution in [0.25, 0.3) is 11.1 Å². The molecule has 3 aromatic rings. The van der Waals surface area contributed by atoms with Crippen molar-refractivity contribution in [2.45, 2.75) is 59.8 Å². The van der Waals surface area contributed by atoms with Crippen molar-refractivity contribution in [2.75, 3.05) is 0 Å².